The summed E-state index contributed by atoms with van der Waals surface area (Å²) in [5.74, 6) is -0.172. The van der Waals surface area contributed by atoms with E-state index < -0.39 is 0 Å². The third-order valence-corrected chi connectivity index (χ3v) is 7.19. The fourth-order valence-corrected chi connectivity index (χ4v) is 5.13. The first-order valence-corrected chi connectivity index (χ1v) is 12.8. The largest absolute Gasteiger partial charge is 0.348 e. The Morgan fingerprint density at radius 2 is 1.57 bits per heavy atom. The summed E-state index contributed by atoms with van der Waals surface area (Å²) in [5, 5.41) is 3.25. The Balaban J connectivity index is 1.59. The third-order valence-electron chi connectivity index (χ3n) is 7.19. The number of fused-ring (bicyclic) bond motifs is 1. The molecule has 180 valence electrons. The van der Waals surface area contributed by atoms with Crippen molar-refractivity contribution < 1.29 is 4.79 Å². The van der Waals surface area contributed by atoms with E-state index in [9.17, 15) is 9.59 Å². The van der Waals surface area contributed by atoms with Crippen LogP contribution in [0.4, 0.5) is 0 Å². The number of nitrogens with one attached hydrogen (secondary N) is 1. The zero-order valence-corrected chi connectivity index (χ0v) is 20.4. The molecule has 1 aliphatic rings. The maximum absolute atomic E-state index is 13.7. The number of carbonyl (C=O) groups is 1. The Morgan fingerprint density at radius 1 is 0.886 bits per heavy atom. The number of hydrogen-bond donors (Lipinski definition) is 1. The lowest BCUT2D eigenvalue weighted by Crippen LogP contribution is -2.39. The zero-order valence-electron chi connectivity index (χ0n) is 20.4. The van der Waals surface area contributed by atoms with Gasteiger partial charge < -0.3 is 9.72 Å². The highest BCUT2D eigenvalue weighted by atomic mass is 16.2. The van der Waals surface area contributed by atoms with Gasteiger partial charge in [0.25, 0.3) is 11.5 Å². The highest BCUT2D eigenvalue weighted by Crippen LogP contribution is 2.23. The molecule has 0 atom stereocenters. The minimum absolute atomic E-state index is 0.153. The molecule has 0 bridgehead atoms. The van der Waals surface area contributed by atoms with Crippen molar-refractivity contribution in [3.05, 3.63) is 100 Å². The van der Waals surface area contributed by atoms with Gasteiger partial charge >= 0.3 is 0 Å². The van der Waals surface area contributed by atoms with Crippen molar-refractivity contribution in [2.45, 2.75) is 64.5 Å². The number of hydrogen-bond acceptors (Lipinski definition) is 2. The summed E-state index contributed by atoms with van der Waals surface area (Å²) in [4.78, 5) is 27.4. The fourth-order valence-electron chi connectivity index (χ4n) is 5.13. The van der Waals surface area contributed by atoms with Crippen LogP contribution in [0.3, 0.4) is 0 Å². The van der Waals surface area contributed by atoms with Gasteiger partial charge in [-0.3, -0.25) is 14.2 Å². The SMILES string of the molecule is CCc1ccc(Cn2c(C(=O)NC3CCCCCC3)cn3c(-c4ccccc4)ccc3c2=O)cc1. The molecule has 1 N–H and O–H groups in total. The number of rotatable bonds is 6. The molecular weight excluding hydrogens is 434 g/mol. The Bertz CT molecular complexity index is 1360. The molecule has 35 heavy (non-hydrogen) atoms. The van der Waals surface area contributed by atoms with Gasteiger partial charge in [0.2, 0.25) is 0 Å². The van der Waals surface area contributed by atoms with Crippen LogP contribution >= 0.6 is 0 Å². The van der Waals surface area contributed by atoms with Crippen LogP contribution in [0.15, 0.2) is 77.7 Å². The van der Waals surface area contributed by atoms with Crippen LogP contribution in [0.1, 0.15) is 67.1 Å². The van der Waals surface area contributed by atoms with Gasteiger partial charge in [0.15, 0.2) is 0 Å². The topological polar surface area (TPSA) is 55.5 Å². The van der Waals surface area contributed by atoms with Gasteiger partial charge in [-0.2, -0.15) is 0 Å². The van der Waals surface area contributed by atoms with Crippen LogP contribution in [-0.2, 0) is 13.0 Å². The van der Waals surface area contributed by atoms with E-state index in [1.54, 1.807) is 4.57 Å². The molecule has 5 rings (SSSR count). The maximum Gasteiger partial charge on any atom is 0.275 e. The molecule has 5 heteroatoms. The van der Waals surface area contributed by atoms with Gasteiger partial charge in [0.1, 0.15) is 11.2 Å². The molecule has 0 radical (unpaired) electrons. The second kappa shape index (κ2) is 10.3. The van der Waals surface area contributed by atoms with Gasteiger partial charge in [-0.05, 0) is 48.1 Å². The summed E-state index contributed by atoms with van der Waals surface area (Å²) >= 11 is 0. The Hall–Kier alpha value is -3.60. The number of amides is 1. The van der Waals surface area contributed by atoms with Gasteiger partial charge in [-0.15, -0.1) is 0 Å². The molecule has 2 heterocycles. The zero-order chi connectivity index (χ0) is 24.2. The minimum Gasteiger partial charge on any atom is -0.348 e. The highest BCUT2D eigenvalue weighted by Gasteiger charge is 2.21. The molecule has 0 spiro atoms. The number of benzene rings is 2. The van der Waals surface area contributed by atoms with E-state index in [-0.39, 0.29) is 17.5 Å². The lowest BCUT2D eigenvalue weighted by atomic mass is 10.1. The van der Waals surface area contributed by atoms with Crippen molar-refractivity contribution in [1.29, 1.82) is 0 Å². The number of nitrogens with zero attached hydrogens (tertiary/aromatic N) is 2. The molecule has 4 aromatic rings. The molecule has 2 aromatic heterocycles. The summed E-state index contributed by atoms with van der Waals surface area (Å²) in [6, 6.07) is 22.2. The predicted octanol–water partition coefficient (Wildman–Crippen LogP) is 5.83. The summed E-state index contributed by atoms with van der Waals surface area (Å²) in [6.45, 7) is 2.49. The van der Waals surface area contributed by atoms with E-state index in [2.05, 4.69) is 36.5 Å². The third kappa shape index (κ3) is 4.95. The first-order chi connectivity index (χ1) is 17.1. The fraction of sp³-hybridized carbons (Fsp3) is 0.333. The predicted molar refractivity (Wildman–Crippen MR) is 141 cm³/mol. The molecule has 0 aliphatic heterocycles. The van der Waals surface area contributed by atoms with Gasteiger partial charge in [0.05, 0.1) is 12.2 Å². The van der Waals surface area contributed by atoms with Crippen LogP contribution in [0.5, 0.6) is 0 Å². The van der Waals surface area contributed by atoms with Crippen LogP contribution in [-0.4, -0.2) is 20.9 Å². The van der Waals surface area contributed by atoms with Crippen molar-refractivity contribution in [3.63, 3.8) is 0 Å². The van der Waals surface area contributed by atoms with E-state index >= 15 is 0 Å². The summed E-state index contributed by atoms with van der Waals surface area (Å²) in [6.07, 6.45) is 9.51. The van der Waals surface area contributed by atoms with E-state index in [1.807, 2.05) is 53.1 Å². The molecule has 1 aliphatic carbocycles. The average molecular weight is 468 g/mol. The summed E-state index contributed by atoms with van der Waals surface area (Å²) < 4.78 is 3.51. The van der Waals surface area contributed by atoms with E-state index in [1.165, 1.54) is 18.4 Å². The molecule has 0 saturated heterocycles. The quantitative estimate of drug-likeness (QED) is 0.363. The van der Waals surface area contributed by atoms with Crippen LogP contribution in [0.25, 0.3) is 16.8 Å². The molecule has 0 unspecified atom stereocenters. The van der Waals surface area contributed by atoms with Gasteiger partial charge in [-0.1, -0.05) is 87.2 Å². The van der Waals surface area contributed by atoms with Crippen molar-refractivity contribution in [1.82, 2.24) is 14.3 Å². The average Bonchev–Trinajstić information content (AvgIpc) is 3.16. The normalized spacial score (nSPS) is 14.7. The van der Waals surface area contributed by atoms with Crippen molar-refractivity contribution in [3.8, 4) is 11.3 Å². The summed E-state index contributed by atoms with van der Waals surface area (Å²) in [5.41, 5.74) is 4.99. The van der Waals surface area contributed by atoms with Gasteiger partial charge in [0, 0.05) is 12.2 Å². The monoisotopic (exact) mass is 467 g/mol. The summed E-state index contributed by atoms with van der Waals surface area (Å²) in [7, 11) is 0. The molecule has 1 amide bonds. The Kier molecular flexibility index (Phi) is 6.84. The van der Waals surface area contributed by atoms with Crippen molar-refractivity contribution in [2.24, 2.45) is 0 Å². The van der Waals surface area contributed by atoms with Crippen LogP contribution < -0.4 is 10.9 Å². The smallest absolute Gasteiger partial charge is 0.275 e. The first-order valence-electron chi connectivity index (χ1n) is 12.8. The first kappa shape index (κ1) is 23.2. The molecule has 5 nitrogen and oxygen atoms in total. The number of carbonyl (C=O) groups excluding carboxylic acids is 1. The van der Waals surface area contributed by atoms with Crippen molar-refractivity contribution in [2.75, 3.05) is 0 Å². The number of aromatic nitrogens is 2. The van der Waals surface area contributed by atoms with Gasteiger partial charge in [-0.25, -0.2) is 0 Å². The van der Waals surface area contributed by atoms with E-state index in [4.69, 9.17) is 0 Å². The van der Waals surface area contributed by atoms with Crippen molar-refractivity contribution >= 4 is 11.4 Å². The molecule has 2 aromatic carbocycles. The minimum atomic E-state index is -0.172. The maximum atomic E-state index is 13.7. The van der Waals surface area contributed by atoms with E-state index in [0.29, 0.717) is 17.8 Å². The molecular formula is C30H33N3O2. The Labute approximate surface area is 206 Å². The van der Waals surface area contributed by atoms with Crippen LogP contribution in [0, 0.1) is 0 Å². The highest BCUT2D eigenvalue weighted by molar-refractivity contribution is 5.93. The standard InChI is InChI=1S/C30H33N3O2/c1-2-22-14-16-23(17-15-22)20-33-28(29(34)31-25-12-8-3-4-9-13-25)21-32-26(18-19-27(32)30(33)35)24-10-6-5-7-11-24/h5-7,10-11,14-19,21,25H,2-4,8-9,12-13,20H2,1H3,(H,31,34). The molecule has 1 fully saturated rings. The molecule has 1 saturated carbocycles. The second-order valence-corrected chi connectivity index (χ2v) is 9.58. The second-order valence-electron chi connectivity index (χ2n) is 9.58. The Morgan fingerprint density at radius 3 is 2.26 bits per heavy atom. The number of aryl methyl sites for hydroxylation is 1. The lowest BCUT2D eigenvalue weighted by molar-refractivity contribution is 0.0922. The lowest BCUT2D eigenvalue weighted by Gasteiger charge is -2.19. The van der Waals surface area contributed by atoms with Crippen LogP contribution in [0.2, 0.25) is 0 Å². The van der Waals surface area contributed by atoms with E-state index in [0.717, 1.165) is 48.9 Å².